The maximum absolute atomic E-state index is 12.2. The van der Waals surface area contributed by atoms with Crippen molar-refractivity contribution in [3.8, 4) is 0 Å². The Labute approximate surface area is 113 Å². The van der Waals surface area contributed by atoms with Gasteiger partial charge >= 0.3 is 0 Å². The second kappa shape index (κ2) is 5.98. The number of nitrogens with one attached hydrogen (secondary N) is 1. The zero-order valence-corrected chi connectivity index (χ0v) is 12.3. The van der Waals surface area contributed by atoms with Crippen LogP contribution in [-0.2, 0) is 16.6 Å². The number of benzene rings is 1. The molecule has 3 heteroatoms. The second-order valence-electron chi connectivity index (χ2n) is 5.48. The molecule has 2 nitrogen and oxygen atoms in total. The molecule has 1 saturated carbocycles. The molecule has 0 spiro atoms. The SMILES string of the molecule is CNC(CS(=O)Cc1cc(C)cc(C)c1)C1CC1. The topological polar surface area (TPSA) is 29.1 Å². The van der Waals surface area contributed by atoms with E-state index >= 15 is 0 Å². The summed E-state index contributed by atoms with van der Waals surface area (Å²) in [7, 11) is 1.22. The van der Waals surface area contributed by atoms with Crippen LogP contribution in [0.3, 0.4) is 0 Å². The molecule has 1 aromatic carbocycles. The van der Waals surface area contributed by atoms with E-state index in [1.165, 1.54) is 29.5 Å². The number of hydrogen-bond donors (Lipinski definition) is 1. The van der Waals surface area contributed by atoms with Crippen LogP contribution in [0.1, 0.15) is 29.5 Å². The highest BCUT2D eigenvalue weighted by molar-refractivity contribution is 7.84. The highest BCUT2D eigenvalue weighted by atomic mass is 32.2. The van der Waals surface area contributed by atoms with E-state index in [9.17, 15) is 4.21 Å². The summed E-state index contributed by atoms with van der Waals surface area (Å²) in [5.41, 5.74) is 3.72. The van der Waals surface area contributed by atoms with E-state index in [0.29, 0.717) is 11.8 Å². The van der Waals surface area contributed by atoms with Crippen LogP contribution in [0.5, 0.6) is 0 Å². The van der Waals surface area contributed by atoms with Gasteiger partial charge in [-0.15, -0.1) is 0 Å². The normalized spacial score (nSPS) is 18.6. The summed E-state index contributed by atoms with van der Waals surface area (Å²) >= 11 is 0. The summed E-state index contributed by atoms with van der Waals surface area (Å²) in [5.74, 6) is 2.24. The number of rotatable bonds is 6. The standard InChI is InChI=1S/C15H23NOS/c1-11-6-12(2)8-13(7-11)9-18(17)10-15(16-3)14-4-5-14/h6-8,14-16H,4-5,9-10H2,1-3H3. The van der Waals surface area contributed by atoms with Gasteiger partial charge in [0, 0.05) is 28.3 Å². The summed E-state index contributed by atoms with van der Waals surface area (Å²) in [6, 6.07) is 6.90. The van der Waals surface area contributed by atoms with Crippen molar-refractivity contribution in [3.63, 3.8) is 0 Å². The average molecular weight is 265 g/mol. The first-order valence-corrected chi connectivity index (χ1v) is 8.16. The molecular weight excluding hydrogens is 242 g/mol. The van der Waals surface area contributed by atoms with Crippen molar-refractivity contribution >= 4 is 10.8 Å². The van der Waals surface area contributed by atoms with Gasteiger partial charge in [-0.1, -0.05) is 29.3 Å². The Morgan fingerprint density at radius 2 is 1.89 bits per heavy atom. The van der Waals surface area contributed by atoms with Crippen LogP contribution in [0.2, 0.25) is 0 Å². The van der Waals surface area contributed by atoms with Crippen LogP contribution < -0.4 is 5.32 Å². The van der Waals surface area contributed by atoms with E-state index in [0.717, 1.165) is 11.7 Å². The Kier molecular flexibility index (Phi) is 4.57. The lowest BCUT2D eigenvalue weighted by molar-refractivity contribution is 0.546. The molecule has 100 valence electrons. The van der Waals surface area contributed by atoms with Crippen molar-refractivity contribution in [2.24, 2.45) is 5.92 Å². The van der Waals surface area contributed by atoms with Gasteiger partial charge in [0.15, 0.2) is 0 Å². The molecule has 1 fully saturated rings. The lowest BCUT2D eigenvalue weighted by Gasteiger charge is -2.15. The summed E-state index contributed by atoms with van der Waals surface area (Å²) in [6.07, 6.45) is 2.60. The van der Waals surface area contributed by atoms with Gasteiger partial charge in [0.1, 0.15) is 0 Å². The summed E-state index contributed by atoms with van der Waals surface area (Å²) in [6.45, 7) is 4.19. The summed E-state index contributed by atoms with van der Waals surface area (Å²) in [4.78, 5) is 0. The average Bonchev–Trinajstić information content (AvgIpc) is 3.08. The summed E-state index contributed by atoms with van der Waals surface area (Å²) in [5, 5.41) is 3.31. The van der Waals surface area contributed by atoms with Crippen LogP contribution in [0, 0.1) is 19.8 Å². The van der Waals surface area contributed by atoms with E-state index in [1.54, 1.807) is 0 Å². The van der Waals surface area contributed by atoms with E-state index < -0.39 is 10.8 Å². The van der Waals surface area contributed by atoms with Crippen molar-refractivity contribution in [2.75, 3.05) is 12.8 Å². The third-order valence-electron chi connectivity index (χ3n) is 3.54. The maximum Gasteiger partial charge on any atom is 0.0486 e. The minimum absolute atomic E-state index is 0.441. The van der Waals surface area contributed by atoms with Crippen LogP contribution in [-0.4, -0.2) is 23.1 Å². The fraction of sp³-hybridized carbons (Fsp3) is 0.600. The first-order valence-electron chi connectivity index (χ1n) is 6.68. The monoisotopic (exact) mass is 265 g/mol. The van der Waals surface area contributed by atoms with Gasteiger partial charge < -0.3 is 5.32 Å². The van der Waals surface area contributed by atoms with Gasteiger partial charge in [-0.3, -0.25) is 4.21 Å². The van der Waals surface area contributed by atoms with Gasteiger partial charge in [0.05, 0.1) is 0 Å². The molecule has 1 aliphatic carbocycles. The highest BCUT2D eigenvalue weighted by Gasteiger charge is 2.31. The Balaban J connectivity index is 1.93. The van der Waals surface area contributed by atoms with Crippen LogP contribution in [0.15, 0.2) is 18.2 Å². The largest absolute Gasteiger partial charge is 0.316 e. The molecule has 0 amide bonds. The summed E-state index contributed by atoms with van der Waals surface area (Å²) < 4.78 is 12.2. The van der Waals surface area contributed by atoms with Gasteiger partial charge in [0.2, 0.25) is 0 Å². The lowest BCUT2D eigenvalue weighted by Crippen LogP contribution is -2.33. The molecule has 18 heavy (non-hydrogen) atoms. The molecule has 0 heterocycles. The maximum atomic E-state index is 12.2. The van der Waals surface area contributed by atoms with Gasteiger partial charge in [0.25, 0.3) is 0 Å². The van der Waals surface area contributed by atoms with E-state index in [1.807, 2.05) is 7.05 Å². The highest BCUT2D eigenvalue weighted by Crippen LogP contribution is 2.32. The fourth-order valence-corrected chi connectivity index (χ4v) is 4.05. The third-order valence-corrected chi connectivity index (χ3v) is 4.92. The molecule has 1 aromatic rings. The van der Waals surface area contributed by atoms with E-state index in [4.69, 9.17) is 0 Å². The molecule has 2 unspecified atom stereocenters. The smallest absolute Gasteiger partial charge is 0.0486 e. The minimum Gasteiger partial charge on any atom is -0.316 e. The van der Waals surface area contributed by atoms with E-state index in [2.05, 4.69) is 37.4 Å². The fourth-order valence-electron chi connectivity index (χ4n) is 2.55. The molecular formula is C15H23NOS. The quantitative estimate of drug-likeness (QED) is 0.856. The molecule has 2 atom stereocenters. The Hall–Kier alpha value is -0.670. The Bertz CT molecular complexity index is 420. The number of aryl methyl sites for hydroxylation is 2. The predicted molar refractivity (Wildman–Crippen MR) is 78.2 cm³/mol. The van der Waals surface area contributed by atoms with Crippen molar-refractivity contribution < 1.29 is 4.21 Å². The number of hydrogen-bond acceptors (Lipinski definition) is 2. The first-order chi connectivity index (χ1) is 8.58. The Morgan fingerprint density at radius 3 is 2.39 bits per heavy atom. The van der Waals surface area contributed by atoms with Crippen LogP contribution in [0.4, 0.5) is 0 Å². The molecule has 0 radical (unpaired) electrons. The van der Waals surface area contributed by atoms with Gasteiger partial charge in [-0.05, 0) is 45.2 Å². The third kappa shape index (κ3) is 3.92. The minimum atomic E-state index is -0.761. The molecule has 0 aromatic heterocycles. The van der Waals surface area contributed by atoms with Crippen molar-refractivity contribution in [1.29, 1.82) is 0 Å². The van der Waals surface area contributed by atoms with Crippen molar-refractivity contribution in [3.05, 3.63) is 34.9 Å². The van der Waals surface area contributed by atoms with Crippen LogP contribution >= 0.6 is 0 Å². The van der Waals surface area contributed by atoms with Gasteiger partial charge in [-0.25, -0.2) is 0 Å². The molecule has 2 rings (SSSR count). The predicted octanol–water partition coefficient (Wildman–Crippen LogP) is 2.55. The Morgan fingerprint density at radius 1 is 1.28 bits per heavy atom. The zero-order chi connectivity index (χ0) is 13.1. The molecule has 1 aliphatic rings. The van der Waals surface area contributed by atoms with Crippen LogP contribution in [0.25, 0.3) is 0 Å². The second-order valence-corrected chi connectivity index (χ2v) is 6.98. The van der Waals surface area contributed by atoms with Crippen molar-refractivity contribution in [1.82, 2.24) is 5.32 Å². The molecule has 1 N–H and O–H groups in total. The molecule has 0 saturated heterocycles. The van der Waals surface area contributed by atoms with Crippen molar-refractivity contribution in [2.45, 2.75) is 38.5 Å². The molecule has 0 bridgehead atoms. The first kappa shape index (κ1) is 13.8. The van der Waals surface area contributed by atoms with Gasteiger partial charge in [-0.2, -0.15) is 0 Å². The molecule has 0 aliphatic heterocycles. The lowest BCUT2D eigenvalue weighted by atomic mass is 10.1. The zero-order valence-electron chi connectivity index (χ0n) is 11.5. The van der Waals surface area contributed by atoms with E-state index in [-0.39, 0.29) is 0 Å².